The third-order valence-corrected chi connectivity index (χ3v) is 4.44. The molecule has 29 heavy (non-hydrogen) atoms. The van der Waals surface area contributed by atoms with Gasteiger partial charge in [0.25, 0.3) is 0 Å². The predicted octanol–water partition coefficient (Wildman–Crippen LogP) is 7.38. The van der Waals surface area contributed by atoms with Crippen LogP contribution in [0.4, 0.5) is 18.9 Å². The monoisotopic (exact) mass is 391 g/mol. The molecule has 0 bridgehead atoms. The van der Waals surface area contributed by atoms with Crippen LogP contribution in [0.5, 0.6) is 0 Å². The van der Waals surface area contributed by atoms with E-state index in [2.05, 4.69) is 4.99 Å². The Morgan fingerprint density at radius 3 is 2.10 bits per heavy atom. The van der Waals surface area contributed by atoms with Crippen molar-refractivity contribution in [3.05, 3.63) is 102 Å². The second kappa shape index (κ2) is 7.80. The Morgan fingerprint density at radius 1 is 0.690 bits per heavy atom. The predicted molar refractivity (Wildman–Crippen MR) is 108 cm³/mol. The van der Waals surface area contributed by atoms with Gasteiger partial charge in [-0.1, -0.05) is 66.7 Å². The number of halogens is 3. The Labute approximate surface area is 166 Å². The second-order valence-corrected chi connectivity index (χ2v) is 6.39. The minimum Gasteiger partial charge on any atom is -0.455 e. The van der Waals surface area contributed by atoms with Gasteiger partial charge in [0.2, 0.25) is 0 Å². The Morgan fingerprint density at radius 2 is 1.34 bits per heavy atom. The van der Waals surface area contributed by atoms with Crippen LogP contribution in [-0.4, -0.2) is 6.21 Å². The van der Waals surface area contributed by atoms with Crippen molar-refractivity contribution < 1.29 is 17.6 Å². The van der Waals surface area contributed by atoms with Gasteiger partial charge in [-0.05, 0) is 29.8 Å². The van der Waals surface area contributed by atoms with Crippen molar-refractivity contribution in [1.29, 1.82) is 0 Å². The standard InChI is InChI=1S/C24H16F3NO/c25-24(26,27)21-12-6-4-11-20(21)23-15-14-18(29-23)16-28-22-13-7-5-10-19(22)17-8-2-1-3-9-17/h1-16H. The highest BCUT2D eigenvalue weighted by molar-refractivity contribution is 5.84. The lowest BCUT2D eigenvalue weighted by molar-refractivity contribution is -0.137. The van der Waals surface area contributed by atoms with Crippen LogP contribution in [0, 0.1) is 0 Å². The maximum absolute atomic E-state index is 13.2. The summed E-state index contributed by atoms with van der Waals surface area (Å²) in [7, 11) is 0. The Hall–Kier alpha value is -3.60. The van der Waals surface area contributed by atoms with Crippen molar-refractivity contribution in [3.8, 4) is 22.5 Å². The maximum atomic E-state index is 13.2. The molecular formula is C24H16F3NO. The van der Waals surface area contributed by atoms with E-state index in [1.54, 1.807) is 12.1 Å². The molecule has 0 spiro atoms. The van der Waals surface area contributed by atoms with E-state index in [9.17, 15) is 13.2 Å². The number of aliphatic imine (C=N–C) groups is 1. The lowest BCUT2D eigenvalue weighted by Crippen LogP contribution is -2.06. The van der Waals surface area contributed by atoms with Gasteiger partial charge in [0.15, 0.2) is 0 Å². The number of rotatable bonds is 4. The van der Waals surface area contributed by atoms with Gasteiger partial charge < -0.3 is 4.42 Å². The van der Waals surface area contributed by atoms with Crippen LogP contribution >= 0.6 is 0 Å². The fourth-order valence-electron chi connectivity index (χ4n) is 3.09. The maximum Gasteiger partial charge on any atom is 0.417 e. The molecule has 0 aliphatic rings. The van der Waals surface area contributed by atoms with Gasteiger partial charge in [-0.2, -0.15) is 13.2 Å². The SMILES string of the molecule is FC(F)(F)c1ccccc1-c1ccc(C=Nc2ccccc2-c2ccccc2)o1. The number of nitrogens with zero attached hydrogens (tertiary/aromatic N) is 1. The number of hydrogen-bond acceptors (Lipinski definition) is 2. The number of benzene rings is 3. The van der Waals surface area contributed by atoms with Crippen molar-refractivity contribution in [2.45, 2.75) is 6.18 Å². The Balaban J connectivity index is 1.65. The third kappa shape index (κ3) is 4.14. The molecule has 0 unspecified atom stereocenters. The smallest absolute Gasteiger partial charge is 0.417 e. The molecular weight excluding hydrogens is 375 g/mol. The average molecular weight is 391 g/mol. The van der Waals surface area contributed by atoms with Crippen molar-refractivity contribution in [1.82, 2.24) is 0 Å². The summed E-state index contributed by atoms with van der Waals surface area (Å²) in [4.78, 5) is 4.49. The van der Waals surface area contributed by atoms with E-state index < -0.39 is 11.7 Å². The lowest BCUT2D eigenvalue weighted by atomic mass is 10.0. The fraction of sp³-hybridized carbons (Fsp3) is 0.0417. The van der Waals surface area contributed by atoms with Crippen LogP contribution in [0.3, 0.4) is 0 Å². The molecule has 1 aromatic heterocycles. The summed E-state index contributed by atoms with van der Waals surface area (Å²) < 4.78 is 45.4. The van der Waals surface area contributed by atoms with Gasteiger partial charge in [0, 0.05) is 11.1 Å². The number of alkyl halides is 3. The quantitative estimate of drug-likeness (QED) is 0.333. The van der Waals surface area contributed by atoms with Crippen molar-refractivity contribution in [2.75, 3.05) is 0 Å². The van der Waals surface area contributed by atoms with Crippen molar-refractivity contribution >= 4 is 11.9 Å². The van der Waals surface area contributed by atoms with Gasteiger partial charge in [-0.3, -0.25) is 4.99 Å². The summed E-state index contributed by atoms with van der Waals surface area (Å²) in [6.45, 7) is 0. The first-order valence-electron chi connectivity index (χ1n) is 8.97. The lowest BCUT2D eigenvalue weighted by Gasteiger charge is -2.10. The van der Waals surface area contributed by atoms with Crippen molar-refractivity contribution in [3.63, 3.8) is 0 Å². The largest absolute Gasteiger partial charge is 0.455 e. The number of furan rings is 1. The minimum absolute atomic E-state index is 0.00401. The summed E-state index contributed by atoms with van der Waals surface area (Å²) >= 11 is 0. The van der Waals surface area contributed by atoms with Gasteiger partial charge in [-0.25, -0.2) is 0 Å². The molecule has 0 radical (unpaired) electrons. The highest BCUT2D eigenvalue weighted by Crippen LogP contribution is 2.37. The van der Waals surface area contributed by atoms with Gasteiger partial charge in [-0.15, -0.1) is 0 Å². The van der Waals surface area contributed by atoms with E-state index in [0.717, 1.165) is 22.9 Å². The minimum atomic E-state index is -4.45. The van der Waals surface area contributed by atoms with Crippen LogP contribution in [0.25, 0.3) is 22.5 Å². The molecule has 0 atom stereocenters. The highest BCUT2D eigenvalue weighted by Gasteiger charge is 2.34. The summed E-state index contributed by atoms with van der Waals surface area (Å²) in [6, 6.07) is 26.0. The van der Waals surface area contributed by atoms with E-state index in [-0.39, 0.29) is 11.3 Å². The molecule has 5 heteroatoms. The fourth-order valence-corrected chi connectivity index (χ4v) is 3.09. The molecule has 0 aliphatic heterocycles. The van der Waals surface area contributed by atoms with Crippen LogP contribution < -0.4 is 0 Å². The summed E-state index contributed by atoms with van der Waals surface area (Å²) in [5.74, 6) is 0.524. The average Bonchev–Trinajstić information content (AvgIpc) is 3.21. The molecule has 2 nitrogen and oxygen atoms in total. The number of para-hydroxylation sites is 1. The Kier molecular flexibility index (Phi) is 5.04. The zero-order valence-electron chi connectivity index (χ0n) is 15.2. The molecule has 3 aromatic carbocycles. The normalized spacial score (nSPS) is 11.8. The summed E-state index contributed by atoms with van der Waals surface area (Å²) in [5, 5.41) is 0. The summed E-state index contributed by atoms with van der Waals surface area (Å²) in [5.41, 5.74) is 2.00. The van der Waals surface area contributed by atoms with E-state index in [4.69, 9.17) is 4.42 Å². The van der Waals surface area contributed by atoms with E-state index in [1.807, 2.05) is 54.6 Å². The highest BCUT2D eigenvalue weighted by atomic mass is 19.4. The first kappa shape index (κ1) is 18.7. The zero-order chi connectivity index (χ0) is 20.3. The van der Waals surface area contributed by atoms with Crippen LogP contribution in [-0.2, 0) is 6.18 Å². The first-order valence-corrected chi connectivity index (χ1v) is 8.97. The molecule has 0 saturated heterocycles. The second-order valence-electron chi connectivity index (χ2n) is 6.39. The van der Waals surface area contributed by atoms with Gasteiger partial charge in [0.1, 0.15) is 11.5 Å². The molecule has 0 N–H and O–H groups in total. The molecule has 144 valence electrons. The van der Waals surface area contributed by atoms with E-state index >= 15 is 0 Å². The zero-order valence-corrected chi connectivity index (χ0v) is 15.2. The molecule has 1 heterocycles. The van der Waals surface area contributed by atoms with E-state index in [1.165, 1.54) is 24.4 Å². The molecule has 0 fully saturated rings. The van der Waals surface area contributed by atoms with Gasteiger partial charge >= 0.3 is 6.18 Å². The molecule has 0 amide bonds. The van der Waals surface area contributed by atoms with Crippen molar-refractivity contribution in [2.24, 2.45) is 4.99 Å². The van der Waals surface area contributed by atoms with E-state index in [0.29, 0.717) is 5.76 Å². The topological polar surface area (TPSA) is 25.5 Å². The number of hydrogen-bond donors (Lipinski definition) is 0. The van der Waals surface area contributed by atoms with Crippen LogP contribution in [0.2, 0.25) is 0 Å². The first-order chi connectivity index (χ1) is 14.0. The van der Waals surface area contributed by atoms with Gasteiger partial charge in [0.05, 0.1) is 17.5 Å². The molecule has 4 aromatic rings. The van der Waals surface area contributed by atoms with Crippen LogP contribution in [0.1, 0.15) is 11.3 Å². The molecule has 4 rings (SSSR count). The molecule has 0 aliphatic carbocycles. The Bertz CT molecular complexity index is 1140. The third-order valence-electron chi connectivity index (χ3n) is 4.44. The molecule has 0 saturated carbocycles. The summed E-state index contributed by atoms with van der Waals surface area (Å²) in [6.07, 6.45) is -2.94. The van der Waals surface area contributed by atoms with Crippen LogP contribution in [0.15, 0.2) is 100 Å².